The maximum atomic E-state index is 13.1. The summed E-state index contributed by atoms with van der Waals surface area (Å²) in [5.41, 5.74) is 0.757. The number of aryl methyl sites for hydroxylation is 1. The Morgan fingerprint density at radius 3 is 2.54 bits per heavy atom. The molecule has 1 aromatic rings. The lowest BCUT2D eigenvalue weighted by Crippen LogP contribution is -1.99. The lowest BCUT2D eigenvalue weighted by molar-refractivity contribution is 0.101. The molecule has 70 valence electrons. The van der Waals surface area contributed by atoms with E-state index in [2.05, 4.69) is 0 Å². The van der Waals surface area contributed by atoms with Crippen LogP contribution < -0.4 is 4.74 Å². The number of Topliss-reactive ketones (excluding diaryl/α,β-unsaturated/α-hetero) is 1. The first-order valence-electron chi connectivity index (χ1n) is 3.91. The van der Waals surface area contributed by atoms with Crippen molar-refractivity contribution < 1.29 is 13.9 Å². The van der Waals surface area contributed by atoms with Gasteiger partial charge < -0.3 is 4.74 Å². The molecule has 1 aromatic carbocycles. The second-order valence-electron chi connectivity index (χ2n) is 2.86. The van der Waals surface area contributed by atoms with Crippen LogP contribution in [0.15, 0.2) is 12.1 Å². The van der Waals surface area contributed by atoms with Gasteiger partial charge in [-0.2, -0.15) is 0 Å². The van der Waals surface area contributed by atoms with Gasteiger partial charge in [-0.05, 0) is 31.5 Å². The van der Waals surface area contributed by atoms with Crippen molar-refractivity contribution in [1.29, 1.82) is 0 Å². The van der Waals surface area contributed by atoms with Gasteiger partial charge in [0.05, 0.1) is 12.7 Å². The molecule has 13 heavy (non-hydrogen) atoms. The molecule has 2 nitrogen and oxygen atoms in total. The van der Waals surface area contributed by atoms with Crippen molar-refractivity contribution in [1.82, 2.24) is 0 Å². The van der Waals surface area contributed by atoms with Gasteiger partial charge in [0.25, 0.3) is 0 Å². The predicted octanol–water partition coefficient (Wildman–Crippen LogP) is 2.35. The average molecular weight is 182 g/mol. The van der Waals surface area contributed by atoms with Crippen LogP contribution in [0, 0.1) is 12.7 Å². The van der Waals surface area contributed by atoms with Crippen LogP contribution in [0.2, 0.25) is 0 Å². The quantitative estimate of drug-likeness (QED) is 0.656. The van der Waals surface area contributed by atoms with Crippen molar-refractivity contribution in [3.05, 3.63) is 29.1 Å². The molecule has 3 heteroatoms. The molecule has 0 amide bonds. The van der Waals surface area contributed by atoms with Crippen molar-refractivity contribution in [3.8, 4) is 5.75 Å². The van der Waals surface area contributed by atoms with E-state index in [-0.39, 0.29) is 11.3 Å². The largest absolute Gasteiger partial charge is 0.496 e. The Morgan fingerprint density at radius 1 is 1.46 bits per heavy atom. The summed E-state index contributed by atoms with van der Waals surface area (Å²) >= 11 is 0. The number of methoxy groups -OCH3 is 1. The normalized spacial score (nSPS) is 9.85. The van der Waals surface area contributed by atoms with Gasteiger partial charge in [0, 0.05) is 0 Å². The van der Waals surface area contributed by atoms with E-state index in [1.54, 1.807) is 6.92 Å². The fourth-order valence-corrected chi connectivity index (χ4v) is 1.14. The van der Waals surface area contributed by atoms with E-state index in [0.717, 1.165) is 0 Å². The van der Waals surface area contributed by atoms with E-state index in [1.165, 1.54) is 26.2 Å². The van der Waals surface area contributed by atoms with E-state index < -0.39 is 5.82 Å². The summed E-state index contributed by atoms with van der Waals surface area (Å²) in [4.78, 5) is 11.0. The first kappa shape index (κ1) is 9.71. The molecule has 0 saturated carbocycles. The average Bonchev–Trinajstić information content (AvgIpc) is 2.03. The third kappa shape index (κ3) is 1.86. The molecule has 0 fully saturated rings. The van der Waals surface area contributed by atoms with E-state index in [4.69, 9.17) is 4.74 Å². The summed E-state index contributed by atoms with van der Waals surface area (Å²) < 4.78 is 18.1. The summed E-state index contributed by atoms with van der Waals surface area (Å²) in [7, 11) is 1.49. The number of ketones is 1. The second-order valence-corrected chi connectivity index (χ2v) is 2.86. The SMILES string of the molecule is COc1cc(C(C)=O)c(F)cc1C. The molecule has 0 spiro atoms. The highest BCUT2D eigenvalue weighted by atomic mass is 19.1. The molecular formula is C10H11FO2. The number of benzene rings is 1. The molecular weight excluding hydrogens is 171 g/mol. The summed E-state index contributed by atoms with van der Waals surface area (Å²) in [5, 5.41) is 0. The first-order chi connectivity index (χ1) is 6.06. The van der Waals surface area contributed by atoms with Gasteiger partial charge in [0.1, 0.15) is 11.6 Å². The van der Waals surface area contributed by atoms with E-state index in [9.17, 15) is 9.18 Å². The number of hydrogen-bond donors (Lipinski definition) is 0. The maximum Gasteiger partial charge on any atom is 0.162 e. The van der Waals surface area contributed by atoms with E-state index in [0.29, 0.717) is 11.3 Å². The van der Waals surface area contributed by atoms with Crippen molar-refractivity contribution >= 4 is 5.78 Å². The van der Waals surface area contributed by atoms with Crippen LogP contribution in [0.3, 0.4) is 0 Å². The standard InChI is InChI=1S/C10H11FO2/c1-6-4-9(11)8(7(2)12)5-10(6)13-3/h4-5H,1-3H3. The highest BCUT2D eigenvalue weighted by Crippen LogP contribution is 2.22. The molecule has 0 atom stereocenters. The number of carbonyl (C=O) groups excluding carboxylic acids is 1. The highest BCUT2D eigenvalue weighted by molar-refractivity contribution is 5.94. The minimum Gasteiger partial charge on any atom is -0.496 e. The van der Waals surface area contributed by atoms with Crippen LogP contribution >= 0.6 is 0 Å². The highest BCUT2D eigenvalue weighted by Gasteiger charge is 2.10. The van der Waals surface area contributed by atoms with Gasteiger partial charge >= 0.3 is 0 Å². The number of ether oxygens (including phenoxy) is 1. The zero-order valence-corrected chi connectivity index (χ0v) is 7.85. The van der Waals surface area contributed by atoms with Crippen molar-refractivity contribution in [2.75, 3.05) is 7.11 Å². The van der Waals surface area contributed by atoms with Crippen LogP contribution in [0.1, 0.15) is 22.8 Å². The third-order valence-corrected chi connectivity index (χ3v) is 1.86. The summed E-state index contributed by atoms with van der Waals surface area (Å²) in [6.45, 7) is 3.05. The molecule has 1 rings (SSSR count). The lowest BCUT2D eigenvalue weighted by Gasteiger charge is -2.06. The second kappa shape index (κ2) is 3.56. The fraction of sp³-hybridized carbons (Fsp3) is 0.300. The van der Waals surface area contributed by atoms with Gasteiger partial charge in [-0.25, -0.2) is 4.39 Å². The van der Waals surface area contributed by atoms with E-state index >= 15 is 0 Å². The minimum absolute atomic E-state index is 0.0717. The van der Waals surface area contributed by atoms with Crippen LogP contribution in [0.25, 0.3) is 0 Å². The topological polar surface area (TPSA) is 26.3 Å². The van der Waals surface area contributed by atoms with Crippen LogP contribution in [0.5, 0.6) is 5.75 Å². The smallest absolute Gasteiger partial charge is 0.162 e. The Balaban J connectivity index is 3.30. The fourth-order valence-electron chi connectivity index (χ4n) is 1.14. The lowest BCUT2D eigenvalue weighted by atomic mass is 10.1. The molecule has 0 aliphatic rings. The summed E-state index contributed by atoms with van der Waals surface area (Å²) in [5.74, 6) is -0.256. The number of hydrogen-bond acceptors (Lipinski definition) is 2. The van der Waals surface area contributed by atoms with Gasteiger partial charge in [0.2, 0.25) is 0 Å². The minimum atomic E-state index is -0.495. The Labute approximate surface area is 76.3 Å². The Morgan fingerprint density at radius 2 is 2.08 bits per heavy atom. The van der Waals surface area contributed by atoms with Gasteiger partial charge in [-0.3, -0.25) is 4.79 Å². The molecule has 0 aromatic heterocycles. The predicted molar refractivity (Wildman–Crippen MR) is 47.7 cm³/mol. The molecule has 0 bridgehead atoms. The van der Waals surface area contributed by atoms with Crippen molar-refractivity contribution in [2.45, 2.75) is 13.8 Å². The van der Waals surface area contributed by atoms with Gasteiger partial charge in [0.15, 0.2) is 5.78 Å². The molecule has 0 saturated heterocycles. The number of halogens is 1. The van der Waals surface area contributed by atoms with E-state index in [1.807, 2.05) is 0 Å². The summed E-state index contributed by atoms with van der Waals surface area (Å²) in [6, 6.07) is 2.72. The first-order valence-corrected chi connectivity index (χ1v) is 3.91. The third-order valence-electron chi connectivity index (χ3n) is 1.86. The van der Waals surface area contributed by atoms with Gasteiger partial charge in [-0.15, -0.1) is 0 Å². The zero-order chi connectivity index (χ0) is 10.0. The molecule has 0 unspecified atom stereocenters. The van der Waals surface area contributed by atoms with Crippen molar-refractivity contribution in [2.24, 2.45) is 0 Å². The number of carbonyl (C=O) groups is 1. The van der Waals surface area contributed by atoms with Crippen LogP contribution in [-0.2, 0) is 0 Å². The molecule has 0 aliphatic heterocycles. The summed E-state index contributed by atoms with van der Waals surface area (Å²) in [6.07, 6.45) is 0. The molecule has 0 aliphatic carbocycles. The van der Waals surface area contributed by atoms with Crippen molar-refractivity contribution in [3.63, 3.8) is 0 Å². The number of rotatable bonds is 2. The molecule has 0 radical (unpaired) electrons. The van der Waals surface area contributed by atoms with Crippen LogP contribution in [0.4, 0.5) is 4.39 Å². The Bertz CT molecular complexity index is 345. The monoisotopic (exact) mass is 182 g/mol. The Kier molecular flexibility index (Phi) is 2.66. The van der Waals surface area contributed by atoms with Gasteiger partial charge in [-0.1, -0.05) is 0 Å². The van der Waals surface area contributed by atoms with Crippen LogP contribution in [-0.4, -0.2) is 12.9 Å². The zero-order valence-electron chi connectivity index (χ0n) is 7.85. The molecule has 0 heterocycles. The maximum absolute atomic E-state index is 13.1. The molecule has 0 N–H and O–H groups in total. The Hall–Kier alpha value is -1.38.